The summed E-state index contributed by atoms with van der Waals surface area (Å²) < 4.78 is 5.70. The van der Waals surface area contributed by atoms with Crippen LogP contribution in [0.25, 0.3) is 0 Å². The molecular weight excluding hydrogens is 414 g/mol. The van der Waals surface area contributed by atoms with Crippen molar-refractivity contribution in [2.75, 3.05) is 25.0 Å². The summed E-state index contributed by atoms with van der Waals surface area (Å²) in [6, 6.07) is 10.1. The number of benzene rings is 1. The predicted octanol–water partition coefficient (Wildman–Crippen LogP) is 4.20. The Balaban J connectivity index is 1.25. The van der Waals surface area contributed by atoms with E-state index >= 15 is 0 Å². The molecule has 1 aromatic carbocycles. The largest absolute Gasteiger partial charge is 0.493 e. The van der Waals surface area contributed by atoms with Crippen molar-refractivity contribution in [2.24, 2.45) is 0 Å². The number of ether oxygens (including phenoxy) is 1. The van der Waals surface area contributed by atoms with E-state index in [0.717, 1.165) is 67.2 Å². The summed E-state index contributed by atoms with van der Waals surface area (Å²) in [6.07, 6.45) is 9.73. The Bertz CT molecular complexity index is 1150. The third kappa shape index (κ3) is 4.97. The van der Waals surface area contributed by atoms with Gasteiger partial charge in [-0.15, -0.1) is 0 Å². The molecule has 4 heterocycles. The number of aromatic nitrogens is 3. The van der Waals surface area contributed by atoms with E-state index in [0.29, 0.717) is 18.8 Å². The quantitative estimate of drug-likeness (QED) is 0.637. The number of likely N-dealkylation sites (tertiary alicyclic amines) is 1. The molecule has 0 bridgehead atoms. The lowest BCUT2D eigenvalue weighted by Crippen LogP contribution is -2.40. The van der Waals surface area contributed by atoms with Gasteiger partial charge in [-0.05, 0) is 61.4 Å². The molecule has 1 fully saturated rings. The molecule has 5 rings (SSSR count). The van der Waals surface area contributed by atoms with Crippen molar-refractivity contribution < 1.29 is 9.53 Å². The van der Waals surface area contributed by atoms with Crippen molar-refractivity contribution in [3.8, 4) is 5.75 Å². The number of piperidine rings is 1. The van der Waals surface area contributed by atoms with Crippen LogP contribution in [0.4, 0.5) is 11.6 Å². The summed E-state index contributed by atoms with van der Waals surface area (Å²) in [7, 11) is 0. The normalized spacial score (nSPS) is 17.7. The van der Waals surface area contributed by atoms with Crippen molar-refractivity contribution >= 4 is 17.5 Å². The Morgan fingerprint density at radius 1 is 1.24 bits per heavy atom. The zero-order valence-corrected chi connectivity index (χ0v) is 19.0. The molecule has 0 saturated carbocycles. The van der Waals surface area contributed by atoms with Gasteiger partial charge in [-0.2, -0.15) is 0 Å². The lowest BCUT2D eigenvalue weighted by Gasteiger charge is -2.32. The van der Waals surface area contributed by atoms with E-state index in [-0.39, 0.29) is 11.8 Å². The average molecular weight is 444 g/mol. The van der Waals surface area contributed by atoms with Gasteiger partial charge in [0.15, 0.2) is 0 Å². The first kappa shape index (κ1) is 21.4. The van der Waals surface area contributed by atoms with Gasteiger partial charge in [0.05, 0.1) is 24.9 Å². The maximum Gasteiger partial charge on any atom is 0.227 e. The Morgan fingerprint density at radius 3 is 3.09 bits per heavy atom. The van der Waals surface area contributed by atoms with Crippen LogP contribution >= 0.6 is 0 Å². The molecule has 0 aliphatic carbocycles. The van der Waals surface area contributed by atoms with E-state index in [4.69, 9.17) is 9.72 Å². The molecule has 1 amide bonds. The number of aryl methyl sites for hydroxylation is 2. The maximum atomic E-state index is 13.1. The van der Waals surface area contributed by atoms with Gasteiger partial charge in [-0.25, -0.2) is 9.97 Å². The van der Waals surface area contributed by atoms with Crippen molar-refractivity contribution in [1.82, 2.24) is 19.9 Å². The predicted molar refractivity (Wildman–Crippen MR) is 127 cm³/mol. The second kappa shape index (κ2) is 9.57. The van der Waals surface area contributed by atoms with Crippen LogP contribution in [0.2, 0.25) is 0 Å². The van der Waals surface area contributed by atoms with Gasteiger partial charge in [0.1, 0.15) is 17.4 Å². The summed E-state index contributed by atoms with van der Waals surface area (Å²) in [5, 5.41) is 3.27. The van der Waals surface area contributed by atoms with Crippen molar-refractivity contribution in [2.45, 2.75) is 44.9 Å². The molecule has 2 aromatic heterocycles. The molecule has 1 N–H and O–H groups in total. The van der Waals surface area contributed by atoms with E-state index in [1.54, 1.807) is 12.4 Å². The third-order valence-electron chi connectivity index (χ3n) is 6.43. The number of nitrogens with one attached hydrogen (secondary N) is 1. The second-order valence-corrected chi connectivity index (χ2v) is 8.87. The Hall–Kier alpha value is -3.48. The molecule has 170 valence electrons. The Labute approximate surface area is 194 Å². The molecule has 33 heavy (non-hydrogen) atoms. The number of hydrogen-bond acceptors (Lipinski definition) is 6. The molecule has 1 unspecified atom stereocenters. The highest BCUT2D eigenvalue weighted by atomic mass is 16.5. The minimum atomic E-state index is 0.169. The second-order valence-electron chi connectivity index (χ2n) is 8.87. The Kier molecular flexibility index (Phi) is 6.19. The zero-order chi connectivity index (χ0) is 22.6. The number of rotatable bonds is 5. The van der Waals surface area contributed by atoms with Crippen molar-refractivity contribution in [3.05, 3.63) is 71.3 Å². The fraction of sp³-hybridized carbons (Fsp3) is 0.385. The monoisotopic (exact) mass is 443 g/mol. The number of amides is 1. The first-order chi connectivity index (χ1) is 16.2. The maximum absolute atomic E-state index is 13.1. The molecule has 7 nitrogen and oxygen atoms in total. The zero-order valence-electron chi connectivity index (χ0n) is 19.0. The van der Waals surface area contributed by atoms with E-state index in [1.807, 2.05) is 42.3 Å². The van der Waals surface area contributed by atoms with Gasteiger partial charge in [0.25, 0.3) is 0 Å². The SMILES string of the molecule is Cc1cccnc1Nc1cncc(C2CCCN(C(=O)Cc3ccc4c(c3)CCCO4)C2)n1. The van der Waals surface area contributed by atoms with Crippen LogP contribution in [-0.4, -0.2) is 45.5 Å². The molecule has 2 aliphatic heterocycles. The third-order valence-corrected chi connectivity index (χ3v) is 6.43. The molecular formula is C26H29N5O2. The fourth-order valence-electron chi connectivity index (χ4n) is 4.63. The highest BCUT2D eigenvalue weighted by Gasteiger charge is 2.26. The van der Waals surface area contributed by atoms with E-state index in [1.165, 1.54) is 5.56 Å². The molecule has 1 saturated heterocycles. The van der Waals surface area contributed by atoms with Crippen LogP contribution in [-0.2, 0) is 17.6 Å². The van der Waals surface area contributed by atoms with E-state index < -0.39 is 0 Å². The number of hydrogen-bond donors (Lipinski definition) is 1. The average Bonchev–Trinajstić information content (AvgIpc) is 2.86. The minimum absolute atomic E-state index is 0.169. The van der Waals surface area contributed by atoms with Gasteiger partial charge < -0.3 is 15.0 Å². The summed E-state index contributed by atoms with van der Waals surface area (Å²) in [5.41, 5.74) is 4.23. The van der Waals surface area contributed by atoms with Crippen LogP contribution in [0.5, 0.6) is 5.75 Å². The molecule has 2 aliphatic rings. The first-order valence-electron chi connectivity index (χ1n) is 11.7. The highest BCUT2D eigenvalue weighted by molar-refractivity contribution is 5.79. The number of nitrogens with zero attached hydrogens (tertiary/aromatic N) is 4. The van der Waals surface area contributed by atoms with Gasteiger partial charge in [0.2, 0.25) is 5.91 Å². The summed E-state index contributed by atoms with van der Waals surface area (Å²) >= 11 is 0. The Morgan fingerprint density at radius 2 is 2.18 bits per heavy atom. The van der Waals surface area contributed by atoms with Crippen LogP contribution in [0.1, 0.15) is 47.6 Å². The van der Waals surface area contributed by atoms with Gasteiger partial charge >= 0.3 is 0 Å². The number of anilines is 2. The number of fused-ring (bicyclic) bond motifs is 1. The molecule has 7 heteroatoms. The van der Waals surface area contributed by atoms with Crippen LogP contribution in [0.3, 0.4) is 0 Å². The van der Waals surface area contributed by atoms with Crippen LogP contribution in [0, 0.1) is 6.92 Å². The van der Waals surface area contributed by atoms with E-state index in [2.05, 4.69) is 21.4 Å². The first-order valence-corrected chi connectivity index (χ1v) is 11.7. The summed E-state index contributed by atoms with van der Waals surface area (Å²) in [4.78, 5) is 28.6. The van der Waals surface area contributed by atoms with Gasteiger partial charge in [0, 0.05) is 31.4 Å². The molecule has 1 atom stereocenters. The number of carbonyl (C=O) groups is 1. The standard InChI is InChI=1S/C26H29N5O2/c1-18-5-2-10-28-26(18)30-24-16-27-15-22(29-24)21-6-3-11-31(17-21)25(32)14-19-8-9-23-20(13-19)7-4-12-33-23/h2,5,8-10,13,15-16,21H,3-4,6-7,11-12,14,17H2,1H3,(H,28,29,30). The lowest BCUT2D eigenvalue weighted by molar-refractivity contribution is -0.131. The molecule has 0 radical (unpaired) electrons. The van der Waals surface area contributed by atoms with Gasteiger partial charge in [-0.1, -0.05) is 18.2 Å². The fourth-order valence-corrected chi connectivity index (χ4v) is 4.63. The smallest absolute Gasteiger partial charge is 0.227 e. The molecule has 0 spiro atoms. The van der Waals surface area contributed by atoms with Gasteiger partial charge in [-0.3, -0.25) is 9.78 Å². The molecule has 3 aromatic rings. The summed E-state index contributed by atoms with van der Waals surface area (Å²) in [5.74, 6) is 2.76. The van der Waals surface area contributed by atoms with Crippen LogP contribution < -0.4 is 10.1 Å². The number of carbonyl (C=O) groups excluding carboxylic acids is 1. The van der Waals surface area contributed by atoms with Crippen LogP contribution in [0.15, 0.2) is 48.9 Å². The highest BCUT2D eigenvalue weighted by Crippen LogP contribution is 2.28. The van der Waals surface area contributed by atoms with Crippen molar-refractivity contribution in [3.63, 3.8) is 0 Å². The lowest BCUT2D eigenvalue weighted by atomic mass is 9.94. The summed E-state index contributed by atoms with van der Waals surface area (Å²) in [6.45, 7) is 4.25. The number of pyridine rings is 1. The minimum Gasteiger partial charge on any atom is -0.493 e. The topological polar surface area (TPSA) is 80.2 Å². The van der Waals surface area contributed by atoms with Crippen molar-refractivity contribution in [1.29, 1.82) is 0 Å². The van der Waals surface area contributed by atoms with E-state index in [9.17, 15) is 4.79 Å².